The van der Waals surface area contributed by atoms with Gasteiger partial charge in [0.1, 0.15) is 12.7 Å². The number of likely N-dealkylation sites (tertiary alicyclic amines) is 1. The van der Waals surface area contributed by atoms with Gasteiger partial charge in [-0.05, 0) is 71.6 Å². The monoisotopic (exact) mass is 379 g/mol. The van der Waals surface area contributed by atoms with Crippen molar-refractivity contribution >= 4 is 0 Å². The SMILES string of the molecule is COc1cc(CNC2CCN(C)CC2)ccc1OC[C@@H](O)CN(C)C(C)C. The summed E-state index contributed by atoms with van der Waals surface area (Å²) in [5.41, 5.74) is 1.18. The molecule has 0 saturated carbocycles. The molecule has 1 fully saturated rings. The van der Waals surface area contributed by atoms with Crippen LogP contribution in [0.25, 0.3) is 0 Å². The van der Waals surface area contributed by atoms with Gasteiger partial charge in [0, 0.05) is 25.2 Å². The second-order valence-electron chi connectivity index (χ2n) is 7.94. The van der Waals surface area contributed by atoms with Crippen molar-refractivity contribution in [3.63, 3.8) is 0 Å². The summed E-state index contributed by atoms with van der Waals surface area (Å²) >= 11 is 0. The standard InChI is InChI=1S/C21H37N3O3/c1-16(2)24(4)14-19(25)15-27-20-7-6-17(12-21(20)26-5)13-22-18-8-10-23(3)11-9-18/h6-7,12,16,18-19,22,25H,8-11,13-15H2,1-5H3/t19-/m0/s1. The fraction of sp³-hybridized carbons (Fsp3) is 0.714. The lowest BCUT2D eigenvalue weighted by Gasteiger charge is -2.29. The zero-order valence-corrected chi connectivity index (χ0v) is 17.6. The molecule has 1 heterocycles. The van der Waals surface area contributed by atoms with E-state index in [0.717, 1.165) is 19.6 Å². The van der Waals surface area contributed by atoms with Crippen LogP contribution in [0.1, 0.15) is 32.3 Å². The summed E-state index contributed by atoms with van der Waals surface area (Å²) < 4.78 is 11.3. The van der Waals surface area contributed by atoms with E-state index in [9.17, 15) is 5.11 Å². The Morgan fingerprint density at radius 2 is 1.96 bits per heavy atom. The summed E-state index contributed by atoms with van der Waals surface area (Å²) in [6.45, 7) is 8.18. The topological polar surface area (TPSA) is 57.2 Å². The zero-order chi connectivity index (χ0) is 19.8. The maximum absolute atomic E-state index is 10.2. The van der Waals surface area contributed by atoms with Crippen LogP contribution >= 0.6 is 0 Å². The first kappa shape index (κ1) is 22.0. The number of rotatable bonds is 10. The molecule has 0 bridgehead atoms. The lowest BCUT2D eigenvalue weighted by molar-refractivity contribution is 0.0668. The van der Waals surface area contributed by atoms with Crippen molar-refractivity contribution in [2.45, 2.75) is 51.4 Å². The number of aliphatic hydroxyl groups excluding tert-OH is 1. The van der Waals surface area contributed by atoms with Crippen LogP contribution in [0.15, 0.2) is 18.2 Å². The summed E-state index contributed by atoms with van der Waals surface area (Å²) in [5, 5.41) is 13.8. The van der Waals surface area contributed by atoms with Crippen molar-refractivity contribution in [1.82, 2.24) is 15.1 Å². The van der Waals surface area contributed by atoms with Gasteiger partial charge in [0.05, 0.1) is 7.11 Å². The third kappa shape index (κ3) is 7.30. The third-order valence-electron chi connectivity index (χ3n) is 5.35. The van der Waals surface area contributed by atoms with E-state index in [1.165, 1.54) is 18.4 Å². The van der Waals surface area contributed by atoms with Gasteiger partial charge in [0.25, 0.3) is 0 Å². The lowest BCUT2D eigenvalue weighted by Crippen LogP contribution is -2.40. The highest BCUT2D eigenvalue weighted by atomic mass is 16.5. The minimum absolute atomic E-state index is 0.251. The first-order valence-corrected chi connectivity index (χ1v) is 9.99. The summed E-state index contributed by atoms with van der Waals surface area (Å²) in [4.78, 5) is 4.48. The molecule has 0 radical (unpaired) electrons. The molecule has 0 aromatic heterocycles. The second-order valence-corrected chi connectivity index (χ2v) is 7.94. The maximum Gasteiger partial charge on any atom is 0.161 e. The molecule has 1 aromatic carbocycles. The number of nitrogens with one attached hydrogen (secondary N) is 1. The van der Waals surface area contributed by atoms with Crippen LogP contribution in [0.2, 0.25) is 0 Å². The smallest absolute Gasteiger partial charge is 0.161 e. The molecule has 0 unspecified atom stereocenters. The van der Waals surface area contributed by atoms with Crippen LogP contribution in [0.4, 0.5) is 0 Å². The zero-order valence-electron chi connectivity index (χ0n) is 17.6. The minimum Gasteiger partial charge on any atom is -0.493 e. The number of piperidine rings is 1. The predicted octanol–water partition coefficient (Wildman–Crippen LogP) is 1.96. The first-order chi connectivity index (χ1) is 12.9. The van der Waals surface area contributed by atoms with Crippen LogP contribution < -0.4 is 14.8 Å². The molecule has 154 valence electrons. The number of benzene rings is 1. The van der Waals surface area contributed by atoms with Crippen LogP contribution in [0, 0.1) is 0 Å². The van der Waals surface area contributed by atoms with Crippen molar-refractivity contribution < 1.29 is 14.6 Å². The fourth-order valence-electron chi connectivity index (χ4n) is 3.20. The highest BCUT2D eigenvalue weighted by molar-refractivity contribution is 5.43. The number of hydrogen-bond acceptors (Lipinski definition) is 6. The predicted molar refractivity (Wildman–Crippen MR) is 110 cm³/mol. The molecule has 0 amide bonds. The van der Waals surface area contributed by atoms with Gasteiger partial charge >= 0.3 is 0 Å². The van der Waals surface area contributed by atoms with Crippen molar-refractivity contribution in [2.75, 3.05) is 47.4 Å². The van der Waals surface area contributed by atoms with Crippen LogP contribution in [0.5, 0.6) is 11.5 Å². The van der Waals surface area contributed by atoms with Gasteiger partial charge in [-0.1, -0.05) is 6.07 Å². The van der Waals surface area contributed by atoms with Crippen LogP contribution in [-0.4, -0.2) is 80.5 Å². The normalized spacial score (nSPS) is 17.5. The molecule has 1 saturated heterocycles. The Labute approximate surface area is 164 Å². The van der Waals surface area contributed by atoms with E-state index < -0.39 is 6.10 Å². The van der Waals surface area contributed by atoms with Crippen molar-refractivity contribution in [3.8, 4) is 11.5 Å². The summed E-state index contributed by atoms with van der Waals surface area (Å²) in [7, 11) is 5.83. The lowest BCUT2D eigenvalue weighted by atomic mass is 10.1. The average Bonchev–Trinajstić information content (AvgIpc) is 2.66. The Morgan fingerprint density at radius 3 is 2.59 bits per heavy atom. The quantitative estimate of drug-likeness (QED) is 0.648. The molecule has 1 aromatic rings. The summed E-state index contributed by atoms with van der Waals surface area (Å²) in [6, 6.07) is 6.99. The van der Waals surface area contributed by atoms with E-state index in [2.05, 4.69) is 42.1 Å². The first-order valence-electron chi connectivity index (χ1n) is 9.99. The third-order valence-corrected chi connectivity index (χ3v) is 5.35. The Hall–Kier alpha value is -1.34. The van der Waals surface area contributed by atoms with Crippen molar-refractivity contribution in [1.29, 1.82) is 0 Å². The largest absolute Gasteiger partial charge is 0.493 e. The van der Waals surface area contributed by atoms with Gasteiger partial charge < -0.3 is 29.7 Å². The molecule has 2 rings (SSSR count). The van der Waals surface area contributed by atoms with Crippen LogP contribution in [-0.2, 0) is 6.54 Å². The highest BCUT2D eigenvalue weighted by Crippen LogP contribution is 2.28. The van der Waals surface area contributed by atoms with Gasteiger partial charge in [0.15, 0.2) is 11.5 Å². The minimum atomic E-state index is -0.534. The average molecular weight is 380 g/mol. The Morgan fingerprint density at radius 1 is 1.26 bits per heavy atom. The Bertz CT molecular complexity index is 560. The molecular weight excluding hydrogens is 342 g/mol. The van der Waals surface area contributed by atoms with Gasteiger partial charge in [-0.15, -0.1) is 0 Å². The molecule has 6 nitrogen and oxygen atoms in total. The molecule has 27 heavy (non-hydrogen) atoms. The van der Waals surface area contributed by atoms with Crippen LogP contribution in [0.3, 0.4) is 0 Å². The molecule has 2 N–H and O–H groups in total. The van der Waals surface area contributed by atoms with Crippen molar-refractivity contribution in [3.05, 3.63) is 23.8 Å². The maximum atomic E-state index is 10.2. The number of aliphatic hydroxyl groups is 1. The Balaban J connectivity index is 1.84. The van der Waals surface area contributed by atoms with E-state index in [-0.39, 0.29) is 6.61 Å². The van der Waals surface area contributed by atoms with Gasteiger partial charge in [0.2, 0.25) is 0 Å². The molecule has 6 heteroatoms. The number of methoxy groups -OCH3 is 1. The number of ether oxygens (including phenoxy) is 2. The summed E-state index contributed by atoms with van der Waals surface area (Å²) in [6.07, 6.45) is 1.85. The summed E-state index contributed by atoms with van der Waals surface area (Å²) in [5.74, 6) is 1.38. The van der Waals surface area contributed by atoms with Gasteiger partial charge in [-0.3, -0.25) is 0 Å². The molecule has 0 aliphatic carbocycles. The van der Waals surface area contributed by atoms with Crippen molar-refractivity contribution in [2.24, 2.45) is 0 Å². The Kier molecular flexibility index (Phi) is 8.83. The molecule has 1 aliphatic heterocycles. The van der Waals surface area contributed by atoms with E-state index in [4.69, 9.17) is 9.47 Å². The molecule has 0 spiro atoms. The van der Waals surface area contributed by atoms with E-state index in [0.29, 0.717) is 30.1 Å². The number of nitrogens with zero attached hydrogens (tertiary/aromatic N) is 2. The number of likely N-dealkylation sites (N-methyl/N-ethyl adjacent to an activating group) is 1. The van der Waals surface area contributed by atoms with E-state index >= 15 is 0 Å². The van der Waals surface area contributed by atoms with E-state index in [1.54, 1.807) is 7.11 Å². The molecular formula is C21H37N3O3. The molecule has 1 atom stereocenters. The second kappa shape index (κ2) is 10.9. The number of hydrogen-bond donors (Lipinski definition) is 2. The highest BCUT2D eigenvalue weighted by Gasteiger charge is 2.17. The fourth-order valence-corrected chi connectivity index (χ4v) is 3.20. The molecule has 1 aliphatic rings. The van der Waals surface area contributed by atoms with E-state index in [1.807, 2.05) is 19.2 Å². The van der Waals surface area contributed by atoms with Gasteiger partial charge in [-0.2, -0.15) is 0 Å². The van der Waals surface area contributed by atoms with Gasteiger partial charge in [-0.25, -0.2) is 0 Å².